The molecular weight excluding hydrogens is 432 g/mol. The Morgan fingerprint density at radius 1 is 0.879 bits per heavy atom. The minimum atomic E-state index is -0.526. The zero-order valence-corrected chi connectivity index (χ0v) is 20.1. The molecule has 0 unspecified atom stereocenters. The van der Waals surface area contributed by atoms with Gasteiger partial charge in [0.2, 0.25) is 0 Å². The summed E-state index contributed by atoms with van der Waals surface area (Å²) < 4.78 is 8.21. The number of likely N-dealkylation sites (N-methyl/N-ethyl adjacent to an activating group) is 1. The summed E-state index contributed by atoms with van der Waals surface area (Å²) >= 11 is 0. The van der Waals surface area contributed by atoms with Crippen LogP contribution in [0, 0.1) is 0 Å². The molecule has 0 aliphatic heterocycles. The number of fused-ring (bicyclic) bond motifs is 1. The van der Waals surface area contributed by atoms with Crippen LogP contribution in [-0.2, 0) is 6.61 Å². The molecule has 33 heavy (non-hydrogen) atoms. The molecule has 5 heteroatoms. The van der Waals surface area contributed by atoms with Gasteiger partial charge in [0.1, 0.15) is 12.4 Å². The maximum absolute atomic E-state index is 11.3. The van der Waals surface area contributed by atoms with E-state index in [4.69, 9.17) is 4.74 Å². The molecule has 1 N–H and O–H groups in total. The third-order valence-corrected chi connectivity index (χ3v) is 6.09. The van der Waals surface area contributed by atoms with Crippen LogP contribution in [0.3, 0.4) is 0 Å². The number of hydrogen-bond acceptors (Lipinski definition) is 3. The highest BCUT2D eigenvalue weighted by Gasteiger charge is 2.25. The van der Waals surface area contributed by atoms with Crippen molar-refractivity contribution in [2.75, 3.05) is 19.6 Å². The van der Waals surface area contributed by atoms with Gasteiger partial charge in [0.15, 0.2) is 0 Å². The Balaban J connectivity index is 0.00000306. The molecule has 0 fully saturated rings. The number of halogens is 1. The van der Waals surface area contributed by atoms with E-state index in [9.17, 15) is 5.11 Å². The van der Waals surface area contributed by atoms with E-state index in [-0.39, 0.29) is 18.4 Å². The molecule has 3 aromatic carbocycles. The molecule has 174 valence electrons. The number of hydrogen-bond donors (Lipinski definition) is 1. The van der Waals surface area contributed by atoms with Crippen LogP contribution in [-0.4, -0.2) is 40.3 Å². The molecule has 0 aliphatic rings. The quantitative estimate of drug-likeness (QED) is 0.316. The van der Waals surface area contributed by atoms with E-state index in [1.165, 1.54) is 0 Å². The Kier molecular flexibility index (Phi) is 8.95. The van der Waals surface area contributed by atoms with Gasteiger partial charge in [0.25, 0.3) is 0 Å². The second-order valence-corrected chi connectivity index (χ2v) is 8.13. The zero-order chi connectivity index (χ0) is 22.3. The summed E-state index contributed by atoms with van der Waals surface area (Å²) in [6.07, 6.45) is 1.55. The van der Waals surface area contributed by atoms with Gasteiger partial charge < -0.3 is 19.3 Å². The molecule has 0 aliphatic carbocycles. The molecule has 0 amide bonds. The Hall–Kier alpha value is -2.79. The van der Waals surface area contributed by atoms with E-state index in [0.29, 0.717) is 13.2 Å². The highest BCUT2D eigenvalue weighted by Crippen LogP contribution is 2.30. The molecule has 1 aromatic heterocycles. The van der Waals surface area contributed by atoms with Crippen molar-refractivity contribution in [1.82, 2.24) is 9.47 Å². The summed E-state index contributed by atoms with van der Waals surface area (Å²) in [5, 5.41) is 12.4. The summed E-state index contributed by atoms with van der Waals surface area (Å²) in [6, 6.07) is 28.6. The van der Waals surface area contributed by atoms with Gasteiger partial charge in [-0.05, 0) is 48.5 Å². The smallest absolute Gasteiger partial charge is 0.120 e. The van der Waals surface area contributed by atoms with E-state index in [1.807, 2.05) is 42.5 Å². The van der Waals surface area contributed by atoms with Crippen molar-refractivity contribution < 1.29 is 9.84 Å². The molecule has 4 nitrogen and oxygen atoms in total. The van der Waals surface area contributed by atoms with Crippen molar-refractivity contribution in [2.45, 2.75) is 32.6 Å². The zero-order valence-electron chi connectivity index (χ0n) is 19.3. The van der Waals surface area contributed by atoms with Crippen molar-refractivity contribution in [2.24, 2.45) is 0 Å². The second-order valence-electron chi connectivity index (χ2n) is 8.13. The minimum Gasteiger partial charge on any atom is -0.489 e. The van der Waals surface area contributed by atoms with Gasteiger partial charge in [-0.1, -0.05) is 74.5 Å². The van der Waals surface area contributed by atoms with Crippen LogP contribution < -0.4 is 4.74 Å². The Morgan fingerprint density at radius 3 is 2.21 bits per heavy atom. The summed E-state index contributed by atoms with van der Waals surface area (Å²) in [5.41, 5.74) is 3.34. The van der Waals surface area contributed by atoms with E-state index in [0.717, 1.165) is 40.9 Å². The van der Waals surface area contributed by atoms with E-state index < -0.39 is 6.10 Å². The molecule has 4 aromatic rings. The first-order valence-electron chi connectivity index (χ1n) is 11.4. The van der Waals surface area contributed by atoms with Gasteiger partial charge in [0, 0.05) is 23.6 Å². The maximum Gasteiger partial charge on any atom is 0.120 e. The van der Waals surface area contributed by atoms with Crippen LogP contribution in [0.1, 0.15) is 31.0 Å². The number of rotatable bonds is 10. The predicted molar refractivity (Wildman–Crippen MR) is 138 cm³/mol. The lowest BCUT2D eigenvalue weighted by Gasteiger charge is -2.30. The van der Waals surface area contributed by atoms with Crippen LogP contribution >= 0.6 is 12.4 Å². The lowest BCUT2D eigenvalue weighted by Crippen LogP contribution is -2.37. The third-order valence-electron chi connectivity index (χ3n) is 6.09. The van der Waals surface area contributed by atoms with Crippen LogP contribution in [0.2, 0.25) is 0 Å². The number of aliphatic hydroxyl groups is 1. The van der Waals surface area contributed by atoms with Crippen molar-refractivity contribution in [3.05, 3.63) is 102 Å². The predicted octanol–water partition coefficient (Wildman–Crippen LogP) is 5.93. The van der Waals surface area contributed by atoms with Gasteiger partial charge in [-0.15, -0.1) is 12.4 Å². The fourth-order valence-electron chi connectivity index (χ4n) is 4.28. The van der Waals surface area contributed by atoms with E-state index in [2.05, 4.69) is 72.0 Å². The normalized spacial score (nSPS) is 13.0. The van der Waals surface area contributed by atoms with Crippen LogP contribution in [0.4, 0.5) is 0 Å². The highest BCUT2D eigenvalue weighted by atomic mass is 35.5. The van der Waals surface area contributed by atoms with E-state index in [1.54, 1.807) is 0 Å². The third kappa shape index (κ3) is 5.97. The number of aromatic nitrogens is 1. The minimum absolute atomic E-state index is 0. The summed E-state index contributed by atoms with van der Waals surface area (Å²) in [4.78, 5) is 2.27. The van der Waals surface area contributed by atoms with Crippen molar-refractivity contribution in [1.29, 1.82) is 0 Å². The first-order valence-corrected chi connectivity index (χ1v) is 11.4. The largest absolute Gasteiger partial charge is 0.489 e. The number of aliphatic hydroxyl groups excluding tert-OH is 1. The molecule has 2 atom stereocenters. The fourth-order valence-corrected chi connectivity index (χ4v) is 4.28. The summed E-state index contributed by atoms with van der Waals surface area (Å²) in [6.45, 7) is 7.28. The van der Waals surface area contributed by atoms with Crippen LogP contribution in [0.15, 0.2) is 91.1 Å². The lowest BCUT2D eigenvalue weighted by molar-refractivity contribution is 0.0862. The first kappa shape index (κ1) is 24.8. The molecule has 1 heterocycles. The lowest BCUT2D eigenvalue weighted by atomic mass is 10.00. The standard InChI is InChI=1S/C28H32N2O2.ClH/c1-3-29(4-2)20-27(31)28(23-13-9-6-10-14-23)30-18-17-24-19-25(15-16-26(24)30)32-21-22-11-7-5-8-12-22;/h5-19,27-28,31H,3-4,20-21H2,1-2H3;1H/t27-,28+;/m1./s1. The van der Waals surface area contributed by atoms with Gasteiger partial charge in [-0.2, -0.15) is 0 Å². The molecule has 0 saturated heterocycles. The number of benzene rings is 3. The average Bonchev–Trinajstić information content (AvgIpc) is 3.25. The number of nitrogens with zero attached hydrogens (tertiary/aromatic N) is 2. The molecule has 0 saturated carbocycles. The highest BCUT2D eigenvalue weighted by molar-refractivity contribution is 5.85. The van der Waals surface area contributed by atoms with Crippen molar-refractivity contribution in [3.8, 4) is 5.75 Å². The Labute approximate surface area is 202 Å². The average molecular weight is 465 g/mol. The maximum atomic E-state index is 11.3. The van der Waals surface area contributed by atoms with Crippen molar-refractivity contribution in [3.63, 3.8) is 0 Å². The van der Waals surface area contributed by atoms with Gasteiger partial charge in [0.05, 0.1) is 12.1 Å². The Bertz CT molecular complexity index is 1110. The molecule has 0 spiro atoms. The second kappa shape index (κ2) is 11.9. The molecule has 0 bridgehead atoms. The SMILES string of the molecule is CCN(CC)C[C@@H](O)[C@H](c1ccccc1)n1ccc2cc(OCc3ccccc3)ccc21.Cl. The monoisotopic (exact) mass is 464 g/mol. The molecule has 0 radical (unpaired) electrons. The number of ether oxygens (including phenoxy) is 1. The Morgan fingerprint density at radius 2 is 1.55 bits per heavy atom. The van der Waals surface area contributed by atoms with Gasteiger partial charge in [-0.25, -0.2) is 0 Å². The van der Waals surface area contributed by atoms with Gasteiger partial charge in [-0.3, -0.25) is 0 Å². The first-order chi connectivity index (χ1) is 15.7. The molecule has 4 rings (SSSR count). The van der Waals surface area contributed by atoms with Crippen molar-refractivity contribution >= 4 is 23.3 Å². The molecular formula is C28H33ClN2O2. The summed E-state index contributed by atoms with van der Waals surface area (Å²) in [5.74, 6) is 0.846. The van der Waals surface area contributed by atoms with Crippen LogP contribution in [0.25, 0.3) is 10.9 Å². The van der Waals surface area contributed by atoms with Crippen LogP contribution in [0.5, 0.6) is 5.75 Å². The van der Waals surface area contributed by atoms with Gasteiger partial charge >= 0.3 is 0 Å². The summed E-state index contributed by atoms with van der Waals surface area (Å²) in [7, 11) is 0. The topological polar surface area (TPSA) is 37.6 Å². The van der Waals surface area contributed by atoms with E-state index >= 15 is 0 Å². The fraction of sp³-hybridized carbons (Fsp3) is 0.286.